The predicted octanol–water partition coefficient (Wildman–Crippen LogP) is 0.657. The third kappa shape index (κ3) is 8.52. The Morgan fingerprint density at radius 1 is 1.07 bits per heavy atom. The summed E-state index contributed by atoms with van der Waals surface area (Å²) in [7, 11) is 1.21. The lowest BCUT2D eigenvalue weighted by Crippen LogP contribution is -2.53. The van der Waals surface area contributed by atoms with Crippen LogP contribution in [0.25, 0.3) is 0 Å². The number of amides is 3. The molecule has 0 spiro atoms. The van der Waals surface area contributed by atoms with Crippen LogP contribution in [0, 0.1) is 0 Å². The van der Waals surface area contributed by atoms with Crippen molar-refractivity contribution >= 4 is 23.9 Å². The van der Waals surface area contributed by atoms with E-state index in [0.29, 0.717) is 6.42 Å². The van der Waals surface area contributed by atoms with Crippen molar-refractivity contribution in [1.29, 1.82) is 0 Å². The fourth-order valence-corrected chi connectivity index (χ4v) is 2.36. The van der Waals surface area contributed by atoms with E-state index >= 15 is 0 Å². The summed E-state index contributed by atoms with van der Waals surface area (Å²) in [4.78, 5) is 47.7. The van der Waals surface area contributed by atoms with Crippen LogP contribution in [-0.2, 0) is 30.3 Å². The molecule has 1 rings (SSSR count). The zero-order valence-electron chi connectivity index (χ0n) is 16.1. The monoisotopic (exact) mass is 393 g/mol. The molecule has 3 amide bonds. The maximum atomic E-state index is 12.6. The molecule has 0 heterocycles. The number of nitrogens with one attached hydrogen (secondary N) is 2. The number of esters is 1. The van der Waals surface area contributed by atoms with Crippen LogP contribution < -0.4 is 16.4 Å². The molecule has 4 N–H and O–H groups in total. The Labute approximate surface area is 163 Å². The van der Waals surface area contributed by atoms with Crippen LogP contribution in [0.4, 0.5) is 4.79 Å². The van der Waals surface area contributed by atoms with E-state index in [0.717, 1.165) is 12.0 Å². The third-order valence-corrected chi connectivity index (χ3v) is 3.83. The van der Waals surface area contributed by atoms with Gasteiger partial charge in [-0.1, -0.05) is 43.7 Å². The van der Waals surface area contributed by atoms with Gasteiger partial charge in [-0.05, 0) is 12.0 Å². The van der Waals surface area contributed by atoms with Crippen molar-refractivity contribution in [3.05, 3.63) is 35.9 Å². The molecule has 0 unspecified atom stereocenters. The van der Waals surface area contributed by atoms with E-state index in [-0.39, 0.29) is 13.0 Å². The summed E-state index contributed by atoms with van der Waals surface area (Å²) in [5.74, 6) is -2.18. The highest BCUT2D eigenvalue weighted by Crippen LogP contribution is 2.06. The number of hydrogen-bond acceptors (Lipinski definition) is 6. The van der Waals surface area contributed by atoms with E-state index in [9.17, 15) is 19.2 Å². The number of hydrogen-bond donors (Lipinski definition) is 3. The minimum atomic E-state index is -1.27. The van der Waals surface area contributed by atoms with Gasteiger partial charge in [0, 0.05) is 6.42 Å². The maximum absolute atomic E-state index is 12.6. The van der Waals surface area contributed by atoms with Crippen LogP contribution in [0.5, 0.6) is 0 Å². The van der Waals surface area contributed by atoms with E-state index in [4.69, 9.17) is 15.2 Å². The zero-order chi connectivity index (χ0) is 20.9. The van der Waals surface area contributed by atoms with Crippen LogP contribution in [-0.4, -0.2) is 49.7 Å². The molecule has 0 bridgehead atoms. The molecule has 0 fully saturated rings. The first kappa shape index (κ1) is 22.9. The van der Waals surface area contributed by atoms with Crippen molar-refractivity contribution < 1.29 is 28.7 Å². The SMILES string of the molecule is CCCCOC(=O)N[C@@H](CC(N)=O)C(=O)N[C@@H](Cc1ccccc1)C(=O)OC. The van der Waals surface area contributed by atoms with Gasteiger partial charge in [-0.2, -0.15) is 0 Å². The van der Waals surface area contributed by atoms with Crippen molar-refractivity contribution in [2.45, 2.75) is 44.7 Å². The van der Waals surface area contributed by atoms with Gasteiger partial charge in [0.2, 0.25) is 11.8 Å². The molecule has 0 aromatic heterocycles. The van der Waals surface area contributed by atoms with Crippen LogP contribution in [0.2, 0.25) is 0 Å². The highest BCUT2D eigenvalue weighted by Gasteiger charge is 2.29. The number of unbranched alkanes of at least 4 members (excludes halogenated alkanes) is 1. The Morgan fingerprint density at radius 2 is 1.75 bits per heavy atom. The molecular formula is C19H27N3O6. The number of methoxy groups -OCH3 is 1. The lowest BCUT2D eigenvalue weighted by molar-refractivity contribution is -0.145. The molecule has 0 aliphatic heterocycles. The summed E-state index contributed by atoms with van der Waals surface area (Å²) < 4.78 is 9.68. The van der Waals surface area contributed by atoms with Gasteiger partial charge in [-0.3, -0.25) is 9.59 Å². The Bertz CT molecular complexity index is 665. The van der Waals surface area contributed by atoms with E-state index < -0.39 is 42.4 Å². The molecule has 9 heteroatoms. The molecule has 28 heavy (non-hydrogen) atoms. The van der Waals surface area contributed by atoms with E-state index in [1.165, 1.54) is 7.11 Å². The summed E-state index contributed by atoms with van der Waals surface area (Å²) in [5.41, 5.74) is 5.97. The number of primary amides is 1. The topological polar surface area (TPSA) is 137 Å². The van der Waals surface area contributed by atoms with Crippen molar-refractivity contribution in [3.8, 4) is 0 Å². The number of benzene rings is 1. The number of nitrogens with two attached hydrogens (primary N) is 1. The van der Waals surface area contributed by atoms with Crippen molar-refractivity contribution in [1.82, 2.24) is 10.6 Å². The van der Waals surface area contributed by atoms with Gasteiger partial charge < -0.3 is 25.8 Å². The summed E-state index contributed by atoms with van der Waals surface area (Å²) in [6.07, 6.45) is 0.408. The van der Waals surface area contributed by atoms with Gasteiger partial charge in [0.15, 0.2) is 0 Å². The van der Waals surface area contributed by atoms with E-state index in [1.54, 1.807) is 24.3 Å². The molecule has 0 radical (unpaired) electrons. The van der Waals surface area contributed by atoms with Gasteiger partial charge in [0.05, 0.1) is 20.1 Å². The standard InChI is InChI=1S/C19H27N3O6/c1-3-4-10-28-19(26)22-14(12-16(20)23)17(24)21-15(18(25)27-2)11-13-8-6-5-7-9-13/h5-9,14-15H,3-4,10-12H2,1-2H3,(H2,20,23)(H,21,24)(H,22,26)/t14-,15-/m0/s1. The molecule has 0 saturated carbocycles. The van der Waals surface area contributed by atoms with Gasteiger partial charge >= 0.3 is 12.1 Å². The average molecular weight is 393 g/mol. The van der Waals surface area contributed by atoms with Crippen LogP contribution in [0.3, 0.4) is 0 Å². The fraction of sp³-hybridized carbons (Fsp3) is 0.474. The van der Waals surface area contributed by atoms with Gasteiger partial charge in [-0.15, -0.1) is 0 Å². The fourth-order valence-electron chi connectivity index (χ4n) is 2.36. The second kappa shape index (κ2) is 12.3. The molecule has 154 valence electrons. The van der Waals surface area contributed by atoms with E-state index in [2.05, 4.69) is 10.6 Å². The average Bonchev–Trinajstić information content (AvgIpc) is 2.67. The minimum absolute atomic E-state index is 0.184. The highest BCUT2D eigenvalue weighted by atomic mass is 16.5. The van der Waals surface area contributed by atoms with Crippen molar-refractivity contribution in [3.63, 3.8) is 0 Å². The first-order valence-corrected chi connectivity index (χ1v) is 9.01. The quantitative estimate of drug-likeness (QED) is 0.373. The van der Waals surface area contributed by atoms with Gasteiger partial charge in [0.1, 0.15) is 12.1 Å². The Hall–Kier alpha value is -3.10. The summed E-state index contributed by atoms with van der Waals surface area (Å²) in [6, 6.07) is 6.76. The number of alkyl carbamates (subject to hydrolysis) is 1. The molecule has 1 aromatic carbocycles. The van der Waals surface area contributed by atoms with Gasteiger partial charge in [0.25, 0.3) is 0 Å². The smallest absolute Gasteiger partial charge is 0.407 e. The Kier molecular flexibility index (Phi) is 10.1. The molecule has 0 saturated heterocycles. The third-order valence-electron chi connectivity index (χ3n) is 3.83. The molecule has 9 nitrogen and oxygen atoms in total. The first-order chi connectivity index (χ1) is 13.4. The van der Waals surface area contributed by atoms with Crippen LogP contribution in [0.15, 0.2) is 30.3 Å². The molecule has 0 aliphatic rings. The van der Waals surface area contributed by atoms with E-state index in [1.807, 2.05) is 13.0 Å². The lowest BCUT2D eigenvalue weighted by atomic mass is 10.1. The second-order valence-electron chi connectivity index (χ2n) is 6.13. The number of carbonyl (C=O) groups is 4. The van der Waals surface area contributed by atoms with Crippen molar-refractivity contribution in [2.75, 3.05) is 13.7 Å². The zero-order valence-corrected chi connectivity index (χ0v) is 16.1. The van der Waals surface area contributed by atoms with Crippen LogP contribution >= 0.6 is 0 Å². The Morgan fingerprint density at radius 3 is 2.32 bits per heavy atom. The Balaban J connectivity index is 2.81. The highest BCUT2D eigenvalue weighted by molar-refractivity contribution is 5.93. The lowest BCUT2D eigenvalue weighted by Gasteiger charge is -2.21. The minimum Gasteiger partial charge on any atom is -0.467 e. The normalized spacial score (nSPS) is 12.4. The second-order valence-corrected chi connectivity index (χ2v) is 6.13. The van der Waals surface area contributed by atoms with Crippen LogP contribution in [0.1, 0.15) is 31.7 Å². The predicted molar refractivity (Wildman–Crippen MR) is 101 cm³/mol. The van der Waals surface area contributed by atoms with Gasteiger partial charge in [-0.25, -0.2) is 9.59 Å². The first-order valence-electron chi connectivity index (χ1n) is 9.01. The summed E-state index contributed by atoms with van der Waals surface area (Å²) in [5, 5.41) is 4.81. The molecule has 0 aliphatic carbocycles. The number of carbonyl (C=O) groups excluding carboxylic acids is 4. The van der Waals surface area contributed by atoms with Crippen molar-refractivity contribution in [2.24, 2.45) is 5.73 Å². The largest absolute Gasteiger partial charge is 0.467 e. The molecule has 1 aromatic rings. The molecule has 2 atom stereocenters. The summed E-state index contributed by atoms with van der Waals surface area (Å²) >= 11 is 0. The summed E-state index contributed by atoms with van der Waals surface area (Å²) in [6.45, 7) is 2.12. The number of rotatable bonds is 11. The number of ether oxygens (including phenoxy) is 2. The maximum Gasteiger partial charge on any atom is 0.407 e. The molecular weight excluding hydrogens is 366 g/mol.